The maximum atomic E-state index is 6.42. The second kappa shape index (κ2) is 6.94. The van der Waals surface area contributed by atoms with Crippen LogP contribution in [0.3, 0.4) is 0 Å². The average Bonchev–Trinajstić information content (AvgIpc) is 2.40. The Kier molecular flexibility index (Phi) is 5.52. The number of hydrogen-bond acceptors (Lipinski definition) is 2. The number of hydrogen-bond donors (Lipinski definition) is 1. The predicted molar refractivity (Wildman–Crippen MR) is 83.1 cm³/mol. The van der Waals surface area contributed by atoms with Gasteiger partial charge in [0.05, 0.1) is 0 Å². The van der Waals surface area contributed by atoms with Crippen molar-refractivity contribution in [3.63, 3.8) is 0 Å². The molecule has 0 saturated carbocycles. The predicted octanol–water partition coefficient (Wildman–Crippen LogP) is 3.99. The number of likely N-dealkylation sites (tertiary alicyclic amines) is 1. The third-order valence-corrected chi connectivity index (χ3v) is 4.69. The van der Waals surface area contributed by atoms with Gasteiger partial charge in [-0.3, -0.25) is 4.90 Å². The van der Waals surface area contributed by atoms with Crippen LogP contribution in [0.15, 0.2) is 18.2 Å². The summed E-state index contributed by atoms with van der Waals surface area (Å²) < 4.78 is 0. The molecule has 1 aliphatic heterocycles. The molecule has 0 radical (unpaired) electrons. The van der Waals surface area contributed by atoms with E-state index in [1.807, 2.05) is 25.2 Å². The lowest BCUT2D eigenvalue weighted by Gasteiger charge is -2.42. The first-order valence-corrected chi connectivity index (χ1v) is 7.77. The fourth-order valence-corrected chi connectivity index (χ4v) is 3.81. The van der Waals surface area contributed by atoms with Gasteiger partial charge in [0.15, 0.2) is 0 Å². The SMILES string of the molecule is CCN1CCCC(CNC)C1c1c(Cl)cccc1Cl. The molecular formula is C15H22Cl2N2. The van der Waals surface area contributed by atoms with E-state index in [-0.39, 0.29) is 0 Å². The Morgan fingerprint density at radius 3 is 2.58 bits per heavy atom. The van der Waals surface area contributed by atoms with E-state index in [9.17, 15) is 0 Å². The van der Waals surface area contributed by atoms with Gasteiger partial charge < -0.3 is 5.32 Å². The Morgan fingerprint density at radius 1 is 1.32 bits per heavy atom. The summed E-state index contributed by atoms with van der Waals surface area (Å²) >= 11 is 12.8. The van der Waals surface area contributed by atoms with Gasteiger partial charge in [0.2, 0.25) is 0 Å². The number of nitrogens with one attached hydrogen (secondary N) is 1. The van der Waals surface area contributed by atoms with Gasteiger partial charge in [-0.05, 0) is 57.6 Å². The van der Waals surface area contributed by atoms with Crippen LogP contribution in [0.1, 0.15) is 31.4 Å². The number of benzene rings is 1. The topological polar surface area (TPSA) is 15.3 Å². The summed E-state index contributed by atoms with van der Waals surface area (Å²) in [4.78, 5) is 2.50. The van der Waals surface area contributed by atoms with Crippen LogP contribution in [0.25, 0.3) is 0 Å². The van der Waals surface area contributed by atoms with E-state index in [1.54, 1.807) is 0 Å². The Bertz CT molecular complexity index is 400. The number of rotatable bonds is 4. The molecule has 1 aromatic carbocycles. The van der Waals surface area contributed by atoms with Gasteiger partial charge in [0.1, 0.15) is 0 Å². The first kappa shape index (κ1) is 15.1. The summed E-state index contributed by atoms with van der Waals surface area (Å²) in [6.07, 6.45) is 2.47. The molecule has 0 amide bonds. The molecule has 1 saturated heterocycles. The van der Waals surface area contributed by atoms with E-state index in [0.717, 1.165) is 35.2 Å². The molecule has 106 valence electrons. The van der Waals surface area contributed by atoms with Crippen molar-refractivity contribution >= 4 is 23.2 Å². The summed E-state index contributed by atoms with van der Waals surface area (Å²) in [6.45, 7) is 5.37. The minimum absolute atomic E-state index is 0.326. The molecule has 19 heavy (non-hydrogen) atoms. The largest absolute Gasteiger partial charge is 0.319 e. The van der Waals surface area contributed by atoms with Crippen molar-refractivity contribution in [3.05, 3.63) is 33.8 Å². The van der Waals surface area contributed by atoms with Crippen LogP contribution < -0.4 is 5.32 Å². The summed E-state index contributed by atoms with van der Waals surface area (Å²) in [6, 6.07) is 6.14. The quantitative estimate of drug-likeness (QED) is 0.904. The zero-order chi connectivity index (χ0) is 13.8. The van der Waals surface area contributed by atoms with E-state index < -0.39 is 0 Å². The van der Waals surface area contributed by atoms with Crippen LogP contribution in [-0.4, -0.2) is 31.6 Å². The molecule has 2 atom stereocenters. The van der Waals surface area contributed by atoms with E-state index in [1.165, 1.54) is 12.8 Å². The highest BCUT2D eigenvalue weighted by Crippen LogP contribution is 2.41. The molecule has 1 heterocycles. The molecule has 0 aliphatic carbocycles. The highest BCUT2D eigenvalue weighted by Gasteiger charge is 2.33. The second-order valence-corrected chi connectivity index (χ2v) is 5.98. The highest BCUT2D eigenvalue weighted by molar-refractivity contribution is 6.36. The molecule has 0 spiro atoms. The van der Waals surface area contributed by atoms with E-state index in [4.69, 9.17) is 23.2 Å². The van der Waals surface area contributed by atoms with Crippen LogP contribution in [0, 0.1) is 5.92 Å². The van der Waals surface area contributed by atoms with Gasteiger partial charge >= 0.3 is 0 Å². The molecule has 2 unspecified atom stereocenters. The first-order valence-electron chi connectivity index (χ1n) is 7.01. The Labute approximate surface area is 126 Å². The monoisotopic (exact) mass is 300 g/mol. The van der Waals surface area contributed by atoms with E-state index in [2.05, 4.69) is 17.1 Å². The summed E-state index contributed by atoms with van der Waals surface area (Å²) in [5.74, 6) is 0.566. The molecule has 1 aromatic rings. The third kappa shape index (κ3) is 3.25. The minimum atomic E-state index is 0.326. The van der Waals surface area contributed by atoms with Crippen molar-refractivity contribution in [1.29, 1.82) is 0 Å². The summed E-state index contributed by atoms with van der Waals surface area (Å²) in [7, 11) is 2.01. The van der Waals surface area contributed by atoms with Crippen molar-refractivity contribution in [1.82, 2.24) is 10.2 Å². The fourth-order valence-electron chi connectivity index (χ4n) is 3.19. The number of halogens is 2. The summed E-state index contributed by atoms with van der Waals surface area (Å²) in [5.41, 5.74) is 1.10. The molecule has 1 aliphatic rings. The van der Waals surface area contributed by atoms with Crippen LogP contribution in [0.2, 0.25) is 10.0 Å². The molecule has 0 aromatic heterocycles. The van der Waals surface area contributed by atoms with Gasteiger partial charge in [-0.15, -0.1) is 0 Å². The van der Waals surface area contributed by atoms with Crippen LogP contribution in [0.5, 0.6) is 0 Å². The standard InChI is InChI=1S/C15H22Cl2N2/c1-3-19-9-5-6-11(10-18-2)15(19)14-12(16)7-4-8-13(14)17/h4,7-8,11,15,18H,3,5-6,9-10H2,1-2H3. The average molecular weight is 301 g/mol. The maximum Gasteiger partial charge on any atom is 0.0468 e. The zero-order valence-corrected chi connectivity index (χ0v) is 13.1. The summed E-state index contributed by atoms with van der Waals surface area (Å²) in [5, 5.41) is 4.89. The fraction of sp³-hybridized carbons (Fsp3) is 0.600. The molecule has 4 heteroatoms. The van der Waals surface area contributed by atoms with Gasteiger partial charge in [-0.25, -0.2) is 0 Å². The minimum Gasteiger partial charge on any atom is -0.319 e. The lowest BCUT2D eigenvalue weighted by molar-refractivity contribution is 0.0983. The van der Waals surface area contributed by atoms with Gasteiger partial charge in [0, 0.05) is 21.7 Å². The van der Waals surface area contributed by atoms with Crippen molar-refractivity contribution in [3.8, 4) is 0 Å². The van der Waals surface area contributed by atoms with Crippen molar-refractivity contribution in [2.75, 3.05) is 26.7 Å². The normalized spacial score (nSPS) is 24.6. The maximum absolute atomic E-state index is 6.42. The molecule has 0 bridgehead atoms. The lowest BCUT2D eigenvalue weighted by Crippen LogP contribution is -2.42. The van der Waals surface area contributed by atoms with Crippen molar-refractivity contribution < 1.29 is 0 Å². The van der Waals surface area contributed by atoms with Gasteiger partial charge in [-0.2, -0.15) is 0 Å². The van der Waals surface area contributed by atoms with Crippen LogP contribution in [0.4, 0.5) is 0 Å². The Hall–Kier alpha value is -0.280. The third-order valence-electron chi connectivity index (χ3n) is 4.03. The highest BCUT2D eigenvalue weighted by atomic mass is 35.5. The van der Waals surface area contributed by atoms with Crippen molar-refractivity contribution in [2.45, 2.75) is 25.8 Å². The smallest absolute Gasteiger partial charge is 0.0468 e. The molecule has 2 rings (SSSR count). The van der Waals surface area contributed by atoms with E-state index in [0.29, 0.717) is 12.0 Å². The Balaban J connectivity index is 2.39. The van der Waals surface area contributed by atoms with Crippen LogP contribution >= 0.6 is 23.2 Å². The lowest BCUT2D eigenvalue weighted by atomic mass is 9.84. The number of nitrogens with zero attached hydrogens (tertiary/aromatic N) is 1. The first-order chi connectivity index (χ1) is 9.19. The Morgan fingerprint density at radius 2 is 2.00 bits per heavy atom. The molecular weight excluding hydrogens is 279 g/mol. The number of piperidine rings is 1. The van der Waals surface area contributed by atoms with Crippen LogP contribution in [-0.2, 0) is 0 Å². The molecule has 1 N–H and O–H groups in total. The van der Waals surface area contributed by atoms with Gasteiger partial charge in [-0.1, -0.05) is 36.2 Å². The zero-order valence-electron chi connectivity index (χ0n) is 11.6. The van der Waals surface area contributed by atoms with Gasteiger partial charge in [0.25, 0.3) is 0 Å². The van der Waals surface area contributed by atoms with E-state index >= 15 is 0 Å². The van der Waals surface area contributed by atoms with Crippen molar-refractivity contribution in [2.24, 2.45) is 5.92 Å². The molecule has 1 fully saturated rings. The second-order valence-electron chi connectivity index (χ2n) is 5.17. The molecule has 2 nitrogen and oxygen atoms in total.